The summed E-state index contributed by atoms with van der Waals surface area (Å²) >= 11 is 24.2. The summed E-state index contributed by atoms with van der Waals surface area (Å²) in [5, 5.41) is 23.6. The van der Waals surface area contributed by atoms with E-state index in [9.17, 15) is 10.2 Å². The van der Waals surface area contributed by atoms with Gasteiger partial charge in [0.25, 0.3) is 0 Å². The first-order chi connectivity index (χ1) is 15.2. The van der Waals surface area contributed by atoms with Crippen LogP contribution in [0.15, 0.2) is 36.4 Å². The number of halogens is 4. The Morgan fingerprint density at radius 3 is 2.12 bits per heavy atom. The van der Waals surface area contributed by atoms with Gasteiger partial charge in [-0.1, -0.05) is 64.5 Å². The molecule has 0 spiro atoms. The molecule has 0 amide bonds. The van der Waals surface area contributed by atoms with Crippen LogP contribution in [0.4, 0.5) is 0 Å². The van der Waals surface area contributed by atoms with E-state index in [1.165, 1.54) is 0 Å². The maximum absolute atomic E-state index is 10.9. The monoisotopic (exact) mass is 518 g/mol. The van der Waals surface area contributed by atoms with Crippen LogP contribution in [0.5, 0.6) is 0 Å². The molecule has 2 heterocycles. The van der Waals surface area contributed by atoms with Crippen LogP contribution >= 0.6 is 46.4 Å². The molecular formula is C22H18Cl4O6. The number of terminal acetylenes is 1. The van der Waals surface area contributed by atoms with E-state index in [0.717, 1.165) is 0 Å². The number of aliphatic hydroxyl groups excluding tert-OH is 2. The summed E-state index contributed by atoms with van der Waals surface area (Å²) in [6.45, 7) is -0.263. The molecule has 2 N–H and O–H groups in total. The Balaban J connectivity index is 1.48. The number of ether oxygens (including phenoxy) is 4. The van der Waals surface area contributed by atoms with E-state index >= 15 is 0 Å². The molecule has 2 aromatic carbocycles. The lowest BCUT2D eigenvalue weighted by Gasteiger charge is -2.37. The zero-order valence-electron chi connectivity index (χ0n) is 16.4. The highest BCUT2D eigenvalue weighted by Gasteiger charge is 2.78. The SMILES string of the molecule is C#C[C@]12O[C@@H]1O[C@](OCc1ccc(Cl)cc1Cl)(C(O)COCc1ccc(Cl)cc1Cl)[C@H]2O. The summed E-state index contributed by atoms with van der Waals surface area (Å²) in [7, 11) is 0. The number of hydrogen-bond acceptors (Lipinski definition) is 6. The van der Waals surface area contributed by atoms with Gasteiger partial charge >= 0.3 is 0 Å². The summed E-state index contributed by atoms with van der Waals surface area (Å²) in [5.74, 6) is 0.482. The van der Waals surface area contributed by atoms with E-state index in [4.69, 9.17) is 71.8 Å². The molecule has 4 rings (SSSR count). The molecule has 2 fully saturated rings. The molecule has 2 aliphatic rings. The minimum atomic E-state index is -1.90. The molecule has 0 radical (unpaired) electrons. The summed E-state index contributed by atoms with van der Waals surface area (Å²) in [5.41, 5.74) is -0.154. The number of epoxide rings is 1. The number of aliphatic hydroxyl groups is 2. The highest BCUT2D eigenvalue weighted by molar-refractivity contribution is 6.35. The van der Waals surface area contributed by atoms with Gasteiger partial charge in [0.2, 0.25) is 17.7 Å². The van der Waals surface area contributed by atoms with Gasteiger partial charge in [-0.25, -0.2) is 0 Å². The number of rotatable bonds is 8. The van der Waals surface area contributed by atoms with Crippen LogP contribution in [0.2, 0.25) is 20.1 Å². The van der Waals surface area contributed by atoms with E-state index in [1.807, 2.05) is 0 Å². The van der Waals surface area contributed by atoms with E-state index in [2.05, 4.69) is 5.92 Å². The maximum Gasteiger partial charge on any atom is 0.230 e. The molecule has 10 heteroatoms. The van der Waals surface area contributed by atoms with Crippen molar-refractivity contribution in [2.24, 2.45) is 0 Å². The highest BCUT2D eigenvalue weighted by atomic mass is 35.5. The molecule has 170 valence electrons. The second kappa shape index (κ2) is 9.28. The van der Waals surface area contributed by atoms with Crippen LogP contribution in [0.1, 0.15) is 11.1 Å². The third-order valence-corrected chi connectivity index (χ3v) is 6.55. The van der Waals surface area contributed by atoms with E-state index in [-0.39, 0.29) is 19.8 Å². The fourth-order valence-corrected chi connectivity index (χ4v) is 4.42. The Bertz CT molecular complexity index is 1060. The molecule has 2 aliphatic heterocycles. The van der Waals surface area contributed by atoms with Crippen molar-refractivity contribution in [3.8, 4) is 12.3 Å². The van der Waals surface area contributed by atoms with Crippen molar-refractivity contribution in [2.75, 3.05) is 6.61 Å². The number of benzene rings is 2. The zero-order chi connectivity index (χ0) is 23.1. The average molecular weight is 520 g/mol. The Morgan fingerprint density at radius 2 is 1.59 bits per heavy atom. The first-order valence-electron chi connectivity index (χ1n) is 9.51. The zero-order valence-corrected chi connectivity index (χ0v) is 19.5. The van der Waals surface area contributed by atoms with Crippen molar-refractivity contribution in [1.29, 1.82) is 0 Å². The summed E-state index contributed by atoms with van der Waals surface area (Å²) < 4.78 is 22.5. The quantitative estimate of drug-likeness (QED) is 0.401. The molecule has 0 aliphatic carbocycles. The first kappa shape index (κ1) is 24.1. The Labute approximate surface area is 204 Å². The van der Waals surface area contributed by atoms with Gasteiger partial charge in [-0.3, -0.25) is 0 Å². The highest BCUT2D eigenvalue weighted by Crippen LogP contribution is 2.54. The van der Waals surface area contributed by atoms with Crippen molar-refractivity contribution in [1.82, 2.24) is 0 Å². The third-order valence-electron chi connectivity index (χ3n) is 5.38. The van der Waals surface area contributed by atoms with Gasteiger partial charge in [-0.05, 0) is 35.4 Å². The number of hydrogen-bond donors (Lipinski definition) is 2. The first-order valence-corrected chi connectivity index (χ1v) is 11.0. The predicted octanol–water partition coefficient (Wildman–Crippen LogP) is 4.21. The van der Waals surface area contributed by atoms with Gasteiger partial charge < -0.3 is 29.2 Å². The van der Waals surface area contributed by atoms with Gasteiger partial charge in [-0.15, -0.1) is 6.42 Å². The van der Waals surface area contributed by atoms with E-state index in [1.54, 1.807) is 36.4 Å². The molecule has 2 aromatic rings. The minimum Gasteiger partial charge on any atom is -0.385 e. The maximum atomic E-state index is 10.9. The van der Waals surface area contributed by atoms with Gasteiger partial charge in [0, 0.05) is 20.1 Å². The van der Waals surface area contributed by atoms with Crippen LogP contribution in [-0.2, 0) is 32.2 Å². The van der Waals surface area contributed by atoms with Gasteiger partial charge in [0.1, 0.15) is 6.10 Å². The lowest BCUT2D eigenvalue weighted by molar-refractivity contribution is -0.336. The largest absolute Gasteiger partial charge is 0.385 e. The summed E-state index contributed by atoms with van der Waals surface area (Å²) in [6.07, 6.45) is 1.72. The summed E-state index contributed by atoms with van der Waals surface area (Å²) in [4.78, 5) is 0. The standard InChI is InChI=1S/C22H18Cl4O6/c1-2-21-19(28)22(32-20(21)31-21,30-10-13-4-6-15(24)8-17(13)26)18(27)11-29-9-12-3-5-14(23)7-16(12)25/h1,3-8,18-20,27-28H,9-11H2/t18?,19-,20+,21+,22+/m0/s1. The van der Waals surface area contributed by atoms with Crippen molar-refractivity contribution in [3.05, 3.63) is 67.6 Å². The van der Waals surface area contributed by atoms with Crippen molar-refractivity contribution >= 4 is 46.4 Å². The average Bonchev–Trinajstić information content (AvgIpc) is 3.40. The predicted molar refractivity (Wildman–Crippen MR) is 120 cm³/mol. The van der Waals surface area contributed by atoms with Crippen LogP contribution in [0, 0.1) is 12.3 Å². The fraction of sp³-hybridized carbons (Fsp3) is 0.364. The van der Waals surface area contributed by atoms with Gasteiger partial charge in [-0.2, -0.15) is 0 Å². The lowest BCUT2D eigenvalue weighted by Crippen LogP contribution is -2.58. The lowest BCUT2D eigenvalue weighted by atomic mass is 9.94. The molecule has 1 unspecified atom stereocenters. The molecule has 32 heavy (non-hydrogen) atoms. The van der Waals surface area contributed by atoms with Crippen molar-refractivity contribution in [2.45, 2.75) is 43.1 Å². The third kappa shape index (κ3) is 4.36. The normalized spacial score (nSPS) is 29.4. The second-order valence-corrected chi connectivity index (χ2v) is 9.11. The van der Waals surface area contributed by atoms with Crippen molar-refractivity contribution in [3.63, 3.8) is 0 Å². The fourth-order valence-electron chi connectivity index (χ4n) is 3.49. The molecule has 0 aromatic heterocycles. The number of fused-ring (bicyclic) bond motifs is 1. The van der Waals surface area contributed by atoms with Gasteiger partial charge in [0.15, 0.2) is 6.10 Å². The molecule has 0 bridgehead atoms. The van der Waals surface area contributed by atoms with Crippen LogP contribution in [0.3, 0.4) is 0 Å². The molecular weight excluding hydrogens is 502 g/mol. The van der Waals surface area contributed by atoms with Crippen LogP contribution in [-0.4, -0.2) is 46.7 Å². The van der Waals surface area contributed by atoms with Crippen LogP contribution < -0.4 is 0 Å². The molecule has 2 saturated heterocycles. The van der Waals surface area contributed by atoms with Crippen LogP contribution in [0.25, 0.3) is 0 Å². The molecule has 6 nitrogen and oxygen atoms in total. The molecule has 5 atom stereocenters. The Hall–Kier alpha value is -1.08. The Kier molecular flexibility index (Phi) is 6.98. The second-order valence-electron chi connectivity index (χ2n) is 7.42. The smallest absolute Gasteiger partial charge is 0.230 e. The minimum absolute atomic E-state index is 0.0858. The van der Waals surface area contributed by atoms with Crippen molar-refractivity contribution < 1.29 is 29.2 Å². The van der Waals surface area contributed by atoms with Gasteiger partial charge in [0.05, 0.1) is 19.8 Å². The van der Waals surface area contributed by atoms with E-state index < -0.39 is 29.9 Å². The Morgan fingerprint density at radius 1 is 1.00 bits per heavy atom. The summed E-state index contributed by atoms with van der Waals surface area (Å²) in [6, 6.07) is 9.84. The topological polar surface area (TPSA) is 80.7 Å². The van der Waals surface area contributed by atoms with E-state index in [0.29, 0.717) is 31.2 Å². The molecule has 0 saturated carbocycles.